The smallest absolute Gasteiger partial charge is 0.125 e. The maximum atomic E-state index is 4.86. The SMILES string of the molecule is C=NC(NCc1ccccc1)c1cccc2c1C1(c3ccccc3-c3ccccc31)c1ccccc1C21C2=C(CCC=C2)c2ccccc21. The molecule has 1 N–H and O–H groups in total. The van der Waals surface area contributed by atoms with Gasteiger partial charge in [-0.25, -0.2) is 0 Å². The Morgan fingerprint density at radius 1 is 0.571 bits per heavy atom. The zero-order valence-corrected chi connectivity index (χ0v) is 27.4. The van der Waals surface area contributed by atoms with Gasteiger partial charge in [0.15, 0.2) is 0 Å². The van der Waals surface area contributed by atoms with Crippen LogP contribution in [-0.2, 0) is 17.4 Å². The zero-order valence-electron chi connectivity index (χ0n) is 27.4. The summed E-state index contributed by atoms with van der Waals surface area (Å²) in [5.74, 6) is 0. The topological polar surface area (TPSA) is 24.4 Å². The highest BCUT2D eigenvalue weighted by Gasteiger charge is 2.60. The molecule has 4 aliphatic carbocycles. The fraction of sp³-hybridized carbons (Fsp3) is 0.128. The normalized spacial score (nSPS) is 19.1. The number of hydrogen-bond acceptors (Lipinski definition) is 2. The minimum absolute atomic E-state index is 0.318. The van der Waals surface area contributed by atoms with Crippen molar-refractivity contribution in [2.24, 2.45) is 4.99 Å². The number of hydrogen-bond donors (Lipinski definition) is 1. The molecule has 49 heavy (non-hydrogen) atoms. The number of benzene rings is 6. The third-order valence-corrected chi connectivity index (χ3v) is 11.6. The molecule has 234 valence electrons. The number of allylic oxidation sites excluding steroid dienone is 4. The Labute approximate surface area is 288 Å². The monoisotopic (exact) mass is 628 g/mol. The molecule has 0 amide bonds. The average Bonchev–Trinajstić information content (AvgIpc) is 3.63. The van der Waals surface area contributed by atoms with E-state index in [1.807, 2.05) is 0 Å². The van der Waals surface area contributed by atoms with Crippen molar-refractivity contribution >= 4 is 12.3 Å². The van der Waals surface area contributed by atoms with E-state index in [1.165, 1.54) is 77.9 Å². The van der Waals surface area contributed by atoms with Crippen LogP contribution in [0, 0.1) is 0 Å². The van der Waals surface area contributed by atoms with Crippen molar-refractivity contribution in [2.45, 2.75) is 36.4 Å². The first kappa shape index (κ1) is 28.4. The van der Waals surface area contributed by atoms with Crippen LogP contribution < -0.4 is 5.32 Å². The van der Waals surface area contributed by atoms with Crippen molar-refractivity contribution in [3.63, 3.8) is 0 Å². The van der Waals surface area contributed by atoms with E-state index in [0.29, 0.717) is 6.54 Å². The summed E-state index contributed by atoms with van der Waals surface area (Å²) in [7, 11) is 0. The molecule has 2 nitrogen and oxygen atoms in total. The van der Waals surface area contributed by atoms with Gasteiger partial charge in [0.05, 0.1) is 10.8 Å². The first-order valence-electron chi connectivity index (χ1n) is 17.5. The van der Waals surface area contributed by atoms with Crippen LogP contribution in [0.3, 0.4) is 0 Å². The van der Waals surface area contributed by atoms with E-state index in [4.69, 9.17) is 4.99 Å². The molecule has 0 fully saturated rings. The summed E-state index contributed by atoms with van der Waals surface area (Å²) in [6.45, 7) is 4.90. The lowest BCUT2D eigenvalue weighted by molar-refractivity contribution is 0.535. The van der Waals surface area contributed by atoms with Gasteiger partial charge in [0.1, 0.15) is 6.17 Å². The lowest BCUT2D eigenvalue weighted by Crippen LogP contribution is -2.45. The minimum atomic E-state index is -0.547. The van der Waals surface area contributed by atoms with Crippen LogP contribution in [0.15, 0.2) is 168 Å². The van der Waals surface area contributed by atoms with Gasteiger partial charge in [-0.15, -0.1) is 0 Å². The zero-order chi connectivity index (χ0) is 32.6. The molecule has 0 bridgehead atoms. The van der Waals surface area contributed by atoms with Crippen molar-refractivity contribution in [3.05, 3.63) is 219 Å². The highest BCUT2D eigenvalue weighted by atomic mass is 15.1. The Morgan fingerprint density at radius 2 is 1.12 bits per heavy atom. The van der Waals surface area contributed by atoms with Crippen molar-refractivity contribution in [1.29, 1.82) is 0 Å². The van der Waals surface area contributed by atoms with E-state index < -0.39 is 10.8 Å². The summed E-state index contributed by atoms with van der Waals surface area (Å²) in [6.07, 6.45) is 6.62. The quantitative estimate of drug-likeness (QED) is 0.189. The van der Waals surface area contributed by atoms with E-state index in [-0.39, 0.29) is 6.17 Å². The van der Waals surface area contributed by atoms with Crippen LogP contribution in [0.2, 0.25) is 0 Å². The number of nitrogens with one attached hydrogen (secondary N) is 1. The second-order valence-corrected chi connectivity index (χ2v) is 13.7. The Bertz CT molecular complexity index is 2330. The highest BCUT2D eigenvalue weighted by Crippen LogP contribution is 2.68. The van der Waals surface area contributed by atoms with Gasteiger partial charge in [0.2, 0.25) is 0 Å². The van der Waals surface area contributed by atoms with E-state index >= 15 is 0 Å². The molecule has 6 aromatic rings. The fourth-order valence-corrected chi connectivity index (χ4v) is 9.92. The van der Waals surface area contributed by atoms with E-state index in [1.54, 1.807) is 0 Å². The fourth-order valence-electron chi connectivity index (χ4n) is 9.92. The standard InChI is InChI=1S/C47H36N2/c1-48-45(49-30-31-16-3-2-4-17-31)36-22-15-29-43-44(36)47(39-25-11-7-20-34(39)35-21-8-12-26-40(35)47)42-28-14-13-27-41(42)46(43)37-23-9-5-18-32(37)33-19-6-10-24-38(33)46/h2-5,7-18,20-29,45,49H,1,6,19,30H2. The third kappa shape index (κ3) is 3.62. The molecule has 0 radical (unpaired) electrons. The molecule has 2 spiro atoms. The largest absolute Gasteiger partial charge is 0.288 e. The Morgan fingerprint density at radius 3 is 1.80 bits per heavy atom. The van der Waals surface area contributed by atoms with Gasteiger partial charge in [0, 0.05) is 6.54 Å². The average molecular weight is 629 g/mol. The van der Waals surface area contributed by atoms with Crippen molar-refractivity contribution < 1.29 is 0 Å². The predicted octanol–water partition coefficient (Wildman–Crippen LogP) is 10.3. The van der Waals surface area contributed by atoms with Crippen LogP contribution in [-0.4, -0.2) is 6.72 Å². The van der Waals surface area contributed by atoms with Crippen molar-refractivity contribution in [1.82, 2.24) is 5.32 Å². The number of nitrogens with zero attached hydrogens (tertiary/aromatic N) is 1. The third-order valence-electron chi connectivity index (χ3n) is 11.6. The molecule has 0 saturated carbocycles. The summed E-state index contributed by atoms with van der Waals surface area (Å²) >= 11 is 0. The summed E-state index contributed by atoms with van der Waals surface area (Å²) in [6, 6.07) is 54.3. The molecule has 2 unspecified atom stereocenters. The second-order valence-electron chi connectivity index (χ2n) is 13.7. The van der Waals surface area contributed by atoms with Gasteiger partial charge in [-0.2, -0.15) is 0 Å². The molecule has 0 aromatic heterocycles. The first-order chi connectivity index (χ1) is 24.3. The molecule has 2 heteroatoms. The van der Waals surface area contributed by atoms with Crippen molar-refractivity contribution in [3.8, 4) is 11.1 Å². The van der Waals surface area contributed by atoms with Gasteiger partial charge in [-0.3, -0.25) is 10.3 Å². The second kappa shape index (κ2) is 10.7. The lowest BCUT2D eigenvalue weighted by Gasteiger charge is -2.50. The summed E-state index contributed by atoms with van der Waals surface area (Å²) in [5, 5.41) is 3.83. The molecular weight excluding hydrogens is 593 g/mol. The number of aliphatic imine (C=N–C) groups is 1. The van der Waals surface area contributed by atoms with Gasteiger partial charge < -0.3 is 0 Å². The Hall–Kier alpha value is -5.57. The minimum Gasteiger partial charge on any atom is -0.288 e. The van der Waals surface area contributed by atoms with Gasteiger partial charge in [-0.1, -0.05) is 158 Å². The molecule has 0 heterocycles. The van der Waals surface area contributed by atoms with Gasteiger partial charge in [-0.05, 0) is 97.5 Å². The van der Waals surface area contributed by atoms with E-state index in [0.717, 1.165) is 12.8 Å². The summed E-state index contributed by atoms with van der Waals surface area (Å²) < 4.78 is 0. The van der Waals surface area contributed by atoms with Crippen LogP contribution in [0.4, 0.5) is 0 Å². The Balaban J connectivity index is 1.37. The summed E-state index contributed by atoms with van der Waals surface area (Å²) in [4.78, 5) is 4.86. The number of fused-ring (bicyclic) bond motifs is 15. The first-order valence-corrected chi connectivity index (χ1v) is 17.5. The van der Waals surface area contributed by atoms with E-state index in [2.05, 4.69) is 170 Å². The van der Waals surface area contributed by atoms with Gasteiger partial charge >= 0.3 is 0 Å². The molecular formula is C47H36N2. The van der Waals surface area contributed by atoms with Crippen LogP contribution in [0.1, 0.15) is 74.6 Å². The van der Waals surface area contributed by atoms with Crippen LogP contribution in [0.25, 0.3) is 16.7 Å². The highest BCUT2D eigenvalue weighted by molar-refractivity contribution is 5.94. The van der Waals surface area contributed by atoms with Crippen molar-refractivity contribution in [2.75, 3.05) is 0 Å². The maximum absolute atomic E-state index is 4.86. The maximum Gasteiger partial charge on any atom is 0.125 e. The molecule has 4 aliphatic rings. The number of rotatable bonds is 5. The van der Waals surface area contributed by atoms with E-state index in [9.17, 15) is 0 Å². The molecule has 2 atom stereocenters. The predicted molar refractivity (Wildman–Crippen MR) is 201 cm³/mol. The summed E-state index contributed by atoms with van der Waals surface area (Å²) in [5.41, 5.74) is 17.7. The molecule has 6 aromatic carbocycles. The van der Waals surface area contributed by atoms with Gasteiger partial charge in [0.25, 0.3) is 0 Å². The molecule has 0 saturated heterocycles. The van der Waals surface area contributed by atoms with Crippen LogP contribution in [0.5, 0.6) is 0 Å². The van der Waals surface area contributed by atoms with Crippen LogP contribution >= 0.6 is 0 Å². The molecule has 0 aliphatic heterocycles. The Kier molecular flexibility index (Phi) is 6.22. The lowest BCUT2D eigenvalue weighted by atomic mass is 9.51. The molecule has 10 rings (SSSR count).